The van der Waals surface area contributed by atoms with E-state index in [1.54, 1.807) is 12.3 Å². The van der Waals surface area contributed by atoms with Crippen molar-refractivity contribution in [1.82, 2.24) is 20.3 Å². The zero-order valence-corrected chi connectivity index (χ0v) is 10.4. The van der Waals surface area contributed by atoms with Crippen LogP contribution < -0.4 is 11.1 Å². The molecule has 0 atom stereocenters. The van der Waals surface area contributed by atoms with E-state index in [0.717, 1.165) is 18.3 Å². The first-order valence-corrected chi connectivity index (χ1v) is 6.30. The topological polar surface area (TPSA) is 112 Å². The summed E-state index contributed by atoms with van der Waals surface area (Å²) in [6.07, 6.45) is 4.24. The average molecular weight is 260 g/mol. The summed E-state index contributed by atoms with van der Waals surface area (Å²) in [7, 11) is 0. The lowest BCUT2D eigenvalue weighted by atomic mass is 10.2. The third-order valence-corrected chi connectivity index (χ3v) is 3.25. The number of pyridine rings is 1. The molecule has 1 aliphatic rings. The van der Waals surface area contributed by atoms with E-state index in [4.69, 9.17) is 10.9 Å². The lowest BCUT2D eigenvalue weighted by Crippen LogP contribution is -2.17. The standard InChI is InChI=1S/C12H16N6O/c13-11(18-19)8-3-4-15-12-10(8)16-9(17-12)6-14-5-7-1-2-7/h3-4,7,14,19H,1-2,5-6H2,(H2,13,18)(H,15,16,17). The van der Waals surface area contributed by atoms with Gasteiger partial charge in [-0.05, 0) is 31.4 Å². The highest BCUT2D eigenvalue weighted by molar-refractivity contribution is 6.05. The number of H-pyrrole nitrogens is 1. The van der Waals surface area contributed by atoms with Crippen LogP contribution in [-0.2, 0) is 6.54 Å². The number of nitrogens with one attached hydrogen (secondary N) is 2. The summed E-state index contributed by atoms with van der Waals surface area (Å²) in [6.45, 7) is 1.69. The molecule has 5 N–H and O–H groups in total. The molecule has 2 aromatic rings. The number of rotatable bonds is 5. The van der Waals surface area contributed by atoms with E-state index in [9.17, 15) is 0 Å². The minimum atomic E-state index is 0.0496. The summed E-state index contributed by atoms with van der Waals surface area (Å²) < 4.78 is 0. The molecule has 1 aliphatic carbocycles. The molecule has 1 saturated carbocycles. The van der Waals surface area contributed by atoms with Gasteiger partial charge < -0.3 is 21.2 Å². The van der Waals surface area contributed by atoms with Gasteiger partial charge in [-0.1, -0.05) is 5.16 Å². The summed E-state index contributed by atoms with van der Waals surface area (Å²) in [5, 5.41) is 15.1. The quantitative estimate of drug-likeness (QED) is 0.271. The Labute approximate surface area is 109 Å². The van der Waals surface area contributed by atoms with Crippen LogP contribution in [-0.4, -0.2) is 32.5 Å². The van der Waals surface area contributed by atoms with Crippen molar-refractivity contribution >= 4 is 17.0 Å². The fourth-order valence-electron chi connectivity index (χ4n) is 2.03. The van der Waals surface area contributed by atoms with E-state index >= 15 is 0 Å². The molecule has 2 heterocycles. The number of aromatic amines is 1. The molecule has 3 rings (SSSR count). The zero-order valence-electron chi connectivity index (χ0n) is 10.4. The van der Waals surface area contributed by atoms with E-state index in [1.807, 2.05) is 0 Å². The first-order valence-electron chi connectivity index (χ1n) is 6.30. The maximum atomic E-state index is 8.76. The Morgan fingerprint density at radius 3 is 3.16 bits per heavy atom. The minimum absolute atomic E-state index is 0.0496. The summed E-state index contributed by atoms with van der Waals surface area (Å²) in [6, 6.07) is 1.69. The summed E-state index contributed by atoms with van der Waals surface area (Å²) in [4.78, 5) is 11.7. The molecule has 0 radical (unpaired) electrons. The second-order valence-electron chi connectivity index (χ2n) is 4.80. The van der Waals surface area contributed by atoms with Gasteiger partial charge in [0, 0.05) is 11.8 Å². The number of nitrogens with zero attached hydrogens (tertiary/aromatic N) is 3. The number of imidazole rings is 1. The molecule has 1 fully saturated rings. The third-order valence-electron chi connectivity index (χ3n) is 3.25. The van der Waals surface area contributed by atoms with Crippen LogP contribution in [0.1, 0.15) is 24.2 Å². The maximum absolute atomic E-state index is 8.76. The van der Waals surface area contributed by atoms with Crippen molar-refractivity contribution in [3.63, 3.8) is 0 Å². The fourth-order valence-corrected chi connectivity index (χ4v) is 2.03. The Balaban J connectivity index is 1.82. The number of nitrogens with two attached hydrogens (primary N) is 1. The monoisotopic (exact) mass is 260 g/mol. The molecule has 0 aliphatic heterocycles. The van der Waals surface area contributed by atoms with E-state index in [0.29, 0.717) is 23.3 Å². The van der Waals surface area contributed by atoms with Crippen molar-refractivity contribution in [2.45, 2.75) is 19.4 Å². The first-order chi connectivity index (χ1) is 9.28. The van der Waals surface area contributed by atoms with Crippen LogP contribution in [0.3, 0.4) is 0 Å². The van der Waals surface area contributed by atoms with Gasteiger partial charge >= 0.3 is 0 Å². The maximum Gasteiger partial charge on any atom is 0.178 e. The average Bonchev–Trinajstić information content (AvgIpc) is 3.15. The molecule has 2 aromatic heterocycles. The van der Waals surface area contributed by atoms with Gasteiger partial charge in [0.2, 0.25) is 0 Å². The van der Waals surface area contributed by atoms with Gasteiger partial charge in [-0.3, -0.25) is 0 Å². The van der Waals surface area contributed by atoms with E-state index in [1.165, 1.54) is 12.8 Å². The van der Waals surface area contributed by atoms with Crippen molar-refractivity contribution in [2.75, 3.05) is 6.54 Å². The Morgan fingerprint density at radius 2 is 2.42 bits per heavy atom. The van der Waals surface area contributed by atoms with Crippen LogP contribution in [0.5, 0.6) is 0 Å². The molecule has 100 valence electrons. The van der Waals surface area contributed by atoms with Gasteiger partial charge in [0.05, 0.1) is 12.1 Å². The minimum Gasteiger partial charge on any atom is -0.409 e. The van der Waals surface area contributed by atoms with Gasteiger partial charge in [-0.2, -0.15) is 0 Å². The van der Waals surface area contributed by atoms with Crippen LogP contribution >= 0.6 is 0 Å². The number of oxime groups is 1. The van der Waals surface area contributed by atoms with Crippen LogP contribution in [0.25, 0.3) is 11.2 Å². The number of amidine groups is 1. The highest BCUT2D eigenvalue weighted by Crippen LogP contribution is 2.27. The van der Waals surface area contributed by atoms with Crippen molar-refractivity contribution in [2.24, 2.45) is 16.8 Å². The van der Waals surface area contributed by atoms with Crippen LogP contribution in [0.4, 0.5) is 0 Å². The van der Waals surface area contributed by atoms with Crippen molar-refractivity contribution in [3.8, 4) is 0 Å². The van der Waals surface area contributed by atoms with Crippen LogP contribution in [0.15, 0.2) is 17.4 Å². The van der Waals surface area contributed by atoms with Gasteiger partial charge in [0.1, 0.15) is 5.82 Å². The highest BCUT2D eigenvalue weighted by Gasteiger charge is 2.20. The normalized spacial score (nSPS) is 16.1. The second-order valence-corrected chi connectivity index (χ2v) is 4.80. The van der Waals surface area contributed by atoms with E-state index in [2.05, 4.69) is 25.4 Å². The molecular weight excluding hydrogens is 244 g/mol. The smallest absolute Gasteiger partial charge is 0.178 e. The predicted molar refractivity (Wildman–Crippen MR) is 70.8 cm³/mol. The number of aromatic nitrogens is 3. The van der Waals surface area contributed by atoms with Gasteiger partial charge in [-0.15, -0.1) is 0 Å². The van der Waals surface area contributed by atoms with Gasteiger partial charge in [0.15, 0.2) is 11.5 Å². The molecule has 19 heavy (non-hydrogen) atoms. The van der Waals surface area contributed by atoms with Crippen LogP contribution in [0.2, 0.25) is 0 Å². The molecule has 7 nitrogen and oxygen atoms in total. The van der Waals surface area contributed by atoms with Crippen LogP contribution in [0, 0.1) is 5.92 Å². The Kier molecular flexibility index (Phi) is 3.04. The first kappa shape index (κ1) is 11.9. The Hall–Kier alpha value is -2.15. The molecule has 0 amide bonds. The predicted octanol–water partition coefficient (Wildman–Crippen LogP) is 0.552. The number of hydrogen-bond acceptors (Lipinski definition) is 5. The molecule has 0 unspecified atom stereocenters. The molecule has 0 spiro atoms. The molecule has 7 heteroatoms. The van der Waals surface area contributed by atoms with Crippen molar-refractivity contribution in [3.05, 3.63) is 23.7 Å². The molecular formula is C12H16N6O. The van der Waals surface area contributed by atoms with Crippen molar-refractivity contribution < 1.29 is 5.21 Å². The summed E-state index contributed by atoms with van der Waals surface area (Å²) >= 11 is 0. The molecule has 0 saturated heterocycles. The van der Waals surface area contributed by atoms with E-state index < -0.39 is 0 Å². The lowest BCUT2D eigenvalue weighted by Gasteiger charge is -2.00. The zero-order chi connectivity index (χ0) is 13.2. The highest BCUT2D eigenvalue weighted by atomic mass is 16.4. The SMILES string of the molecule is N/C(=N\O)c1ccnc2nc(CNCC3CC3)[nH]c12. The van der Waals surface area contributed by atoms with E-state index in [-0.39, 0.29) is 5.84 Å². The Morgan fingerprint density at radius 1 is 1.58 bits per heavy atom. The summed E-state index contributed by atoms with van der Waals surface area (Å²) in [5.74, 6) is 1.69. The fraction of sp³-hybridized carbons (Fsp3) is 0.417. The third kappa shape index (κ3) is 2.50. The van der Waals surface area contributed by atoms with Crippen molar-refractivity contribution in [1.29, 1.82) is 0 Å². The second kappa shape index (κ2) is 4.85. The number of hydrogen-bond donors (Lipinski definition) is 4. The lowest BCUT2D eigenvalue weighted by molar-refractivity contribution is 0.318. The summed E-state index contributed by atoms with van der Waals surface area (Å²) in [5.41, 5.74) is 7.50. The molecule has 0 aromatic carbocycles. The van der Waals surface area contributed by atoms with Gasteiger partial charge in [-0.25, -0.2) is 9.97 Å². The molecule has 0 bridgehead atoms. The Bertz CT molecular complexity index is 616. The number of fused-ring (bicyclic) bond motifs is 1. The van der Waals surface area contributed by atoms with Gasteiger partial charge in [0.25, 0.3) is 0 Å². The largest absolute Gasteiger partial charge is 0.409 e.